The van der Waals surface area contributed by atoms with E-state index in [0.717, 1.165) is 6.42 Å². The lowest BCUT2D eigenvalue weighted by Gasteiger charge is -2.33. The Morgan fingerprint density at radius 2 is 2.27 bits per heavy atom. The van der Waals surface area contributed by atoms with E-state index in [2.05, 4.69) is 0 Å². The number of ether oxygens (including phenoxy) is 1. The second kappa shape index (κ2) is 5.79. The molecule has 0 aromatic rings. The highest BCUT2D eigenvalue weighted by atomic mass is 32.2. The van der Waals surface area contributed by atoms with Crippen molar-refractivity contribution < 1.29 is 18.3 Å². The summed E-state index contributed by atoms with van der Waals surface area (Å²) in [5.74, 6) is 0.0278. The topological polar surface area (TPSA) is 66.8 Å². The Kier molecular flexibility index (Phi) is 4.98. The first-order chi connectivity index (χ1) is 7.11. The lowest BCUT2D eigenvalue weighted by Crippen LogP contribution is -2.49. The van der Waals surface area contributed by atoms with E-state index < -0.39 is 10.0 Å². The highest BCUT2D eigenvalue weighted by molar-refractivity contribution is 7.89. The first-order valence-corrected chi connectivity index (χ1v) is 6.91. The Hall–Kier alpha value is -0.170. The Labute approximate surface area is 91.1 Å². The molecule has 0 saturated carbocycles. The van der Waals surface area contributed by atoms with Gasteiger partial charge in [0.25, 0.3) is 0 Å². The molecular weight excluding hydrogens is 218 g/mol. The fourth-order valence-electron chi connectivity index (χ4n) is 1.69. The normalized spacial score (nSPS) is 24.3. The Morgan fingerprint density at radius 3 is 2.87 bits per heavy atom. The van der Waals surface area contributed by atoms with Gasteiger partial charge in [0, 0.05) is 19.2 Å². The molecular formula is C9H19NO4S. The van der Waals surface area contributed by atoms with Crippen molar-refractivity contribution in [3.63, 3.8) is 0 Å². The zero-order chi connectivity index (χ0) is 11.3. The van der Waals surface area contributed by atoms with Gasteiger partial charge in [-0.1, -0.05) is 6.92 Å². The van der Waals surface area contributed by atoms with Crippen LogP contribution in [0.4, 0.5) is 0 Å². The van der Waals surface area contributed by atoms with E-state index in [0.29, 0.717) is 26.2 Å². The molecule has 6 heteroatoms. The first-order valence-electron chi connectivity index (χ1n) is 5.30. The molecule has 1 saturated heterocycles. The SMILES string of the molecule is CCC1COCCN1S(=O)(=O)CCCO. The molecule has 0 radical (unpaired) electrons. The van der Waals surface area contributed by atoms with Crippen molar-refractivity contribution in [3.8, 4) is 0 Å². The fourth-order valence-corrected chi connectivity index (χ4v) is 3.44. The van der Waals surface area contributed by atoms with Gasteiger partial charge in [-0.25, -0.2) is 8.42 Å². The second-order valence-corrected chi connectivity index (χ2v) is 5.68. The van der Waals surface area contributed by atoms with Gasteiger partial charge in [-0.2, -0.15) is 4.31 Å². The Bertz CT molecular complexity index is 278. The smallest absolute Gasteiger partial charge is 0.214 e. The number of hydrogen-bond donors (Lipinski definition) is 1. The number of aliphatic hydroxyl groups is 1. The number of sulfonamides is 1. The van der Waals surface area contributed by atoms with E-state index in [1.807, 2.05) is 6.92 Å². The second-order valence-electron chi connectivity index (χ2n) is 3.64. The van der Waals surface area contributed by atoms with Gasteiger partial charge in [0.2, 0.25) is 10.0 Å². The zero-order valence-electron chi connectivity index (χ0n) is 9.05. The summed E-state index contributed by atoms with van der Waals surface area (Å²) in [5.41, 5.74) is 0. The predicted octanol–water partition coefficient (Wildman–Crippen LogP) is -0.191. The third-order valence-corrected chi connectivity index (χ3v) is 4.56. The van der Waals surface area contributed by atoms with Crippen LogP contribution in [-0.4, -0.2) is 56.0 Å². The number of hydrogen-bond acceptors (Lipinski definition) is 4. The van der Waals surface area contributed by atoms with Crippen molar-refractivity contribution in [3.05, 3.63) is 0 Å². The molecule has 15 heavy (non-hydrogen) atoms. The van der Waals surface area contributed by atoms with Crippen molar-refractivity contribution in [2.24, 2.45) is 0 Å². The molecule has 90 valence electrons. The molecule has 0 bridgehead atoms. The summed E-state index contributed by atoms with van der Waals surface area (Å²) in [6.07, 6.45) is 1.06. The molecule has 0 aliphatic carbocycles. The number of aliphatic hydroxyl groups excluding tert-OH is 1. The maximum absolute atomic E-state index is 11.9. The van der Waals surface area contributed by atoms with Crippen LogP contribution in [0.3, 0.4) is 0 Å². The molecule has 1 aliphatic rings. The first kappa shape index (κ1) is 12.9. The third kappa shape index (κ3) is 3.41. The largest absolute Gasteiger partial charge is 0.396 e. The fraction of sp³-hybridized carbons (Fsp3) is 1.00. The number of rotatable bonds is 5. The standard InChI is InChI=1S/C9H19NO4S/c1-2-9-8-14-6-4-10(9)15(12,13)7-3-5-11/h9,11H,2-8H2,1H3. The van der Waals surface area contributed by atoms with E-state index in [1.165, 1.54) is 4.31 Å². The van der Waals surface area contributed by atoms with Crippen LogP contribution in [-0.2, 0) is 14.8 Å². The van der Waals surface area contributed by atoms with Crippen LogP contribution < -0.4 is 0 Å². The molecule has 0 amide bonds. The van der Waals surface area contributed by atoms with Crippen LogP contribution in [0.15, 0.2) is 0 Å². The van der Waals surface area contributed by atoms with E-state index in [9.17, 15) is 8.42 Å². The van der Waals surface area contributed by atoms with E-state index in [-0.39, 0.29) is 18.4 Å². The molecule has 5 nitrogen and oxygen atoms in total. The summed E-state index contributed by atoms with van der Waals surface area (Å²) < 4.78 is 30.5. The summed E-state index contributed by atoms with van der Waals surface area (Å²) >= 11 is 0. The summed E-state index contributed by atoms with van der Waals surface area (Å²) in [5, 5.41) is 8.64. The summed E-state index contributed by atoms with van der Waals surface area (Å²) in [4.78, 5) is 0. The van der Waals surface area contributed by atoms with E-state index in [4.69, 9.17) is 9.84 Å². The molecule has 1 aliphatic heterocycles. The van der Waals surface area contributed by atoms with Gasteiger partial charge in [-0.3, -0.25) is 0 Å². The maximum atomic E-state index is 11.9. The molecule has 1 atom stereocenters. The minimum atomic E-state index is -3.21. The van der Waals surface area contributed by atoms with Crippen LogP contribution in [0.1, 0.15) is 19.8 Å². The van der Waals surface area contributed by atoms with Gasteiger partial charge in [0.15, 0.2) is 0 Å². The summed E-state index contributed by atoms with van der Waals surface area (Å²) in [6, 6.07) is -0.0394. The van der Waals surface area contributed by atoms with Crippen molar-refractivity contribution in [2.45, 2.75) is 25.8 Å². The quantitative estimate of drug-likeness (QED) is 0.719. The Morgan fingerprint density at radius 1 is 1.53 bits per heavy atom. The minimum Gasteiger partial charge on any atom is -0.396 e. The average molecular weight is 237 g/mol. The lowest BCUT2D eigenvalue weighted by molar-refractivity contribution is 0.0314. The molecule has 1 unspecified atom stereocenters. The van der Waals surface area contributed by atoms with Gasteiger partial charge in [0.05, 0.1) is 19.0 Å². The van der Waals surface area contributed by atoms with Crippen molar-refractivity contribution in [1.29, 1.82) is 0 Å². The van der Waals surface area contributed by atoms with Gasteiger partial charge < -0.3 is 9.84 Å². The molecule has 1 heterocycles. The van der Waals surface area contributed by atoms with Crippen LogP contribution >= 0.6 is 0 Å². The van der Waals surface area contributed by atoms with Crippen molar-refractivity contribution >= 4 is 10.0 Å². The summed E-state index contributed by atoms with van der Waals surface area (Å²) in [7, 11) is -3.21. The molecule has 0 aromatic carbocycles. The summed E-state index contributed by atoms with van der Waals surface area (Å²) in [6.45, 7) is 3.25. The highest BCUT2D eigenvalue weighted by Gasteiger charge is 2.30. The van der Waals surface area contributed by atoms with Gasteiger partial charge >= 0.3 is 0 Å². The van der Waals surface area contributed by atoms with Crippen LogP contribution in [0.25, 0.3) is 0 Å². The minimum absolute atomic E-state index is 0.0278. The van der Waals surface area contributed by atoms with Gasteiger partial charge in [-0.05, 0) is 12.8 Å². The predicted molar refractivity (Wildman–Crippen MR) is 57.1 cm³/mol. The molecule has 0 spiro atoms. The van der Waals surface area contributed by atoms with Crippen LogP contribution in [0.5, 0.6) is 0 Å². The Balaban J connectivity index is 2.65. The highest BCUT2D eigenvalue weighted by Crippen LogP contribution is 2.15. The average Bonchev–Trinajstić information content (AvgIpc) is 2.26. The third-order valence-electron chi connectivity index (χ3n) is 2.56. The van der Waals surface area contributed by atoms with Crippen molar-refractivity contribution in [2.75, 3.05) is 32.1 Å². The number of nitrogens with zero attached hydrogens (tertiary/aromatic N) is 1. The molecule has 1 N–H and O–H groups in total. The monoisotopic (exact) mass is 237 g/mol. The lowest BCUT2D eigenvalue weighted by atomic mass is 10.2. The van der Waals surface area contributed by atoms with Gasteiger partial charge in [-0.15, -0.1) is 0 Å². The van der Waals surface area contributed by atoms with Crippen LogP contribution in [0.2, 0.25) is 0 Å². The molecule has 1 fully saturated rings. The van der Waals surface area contributed by atoms with E-state index in [1.54, 1.807) is 0 Å². The van der Waals surface area contributed by atoms with Crippen LogP contribution in [0, 0.1) is 0 Å². The number of morpholine rings is 1. The zero-order valence-corrected chi connectivity index (χ0v) is 9.87. The molecule has 0 aromatic heterocycles. The maximum Gasteiger partial charge on any atom is 0.214 e. The van der Waals surface area contributed by atoms with Crippen molar-refractivity contribution in [1.82, 2.24) is 4.31 Å². The van der Waals surface area contributed by atoms with E-state index >= 15 is 0 Å². The van der Waals surface area contributed by atoms with Gasteiger partial charge in [0.1, 0.15) is 0 Å². The molecule has 1 rings (SSSR count).